The third-order valence-electron chi connectivity index (χ3n) is 3.98. The van der Waals surface area contributed by atoms with E-state index in [1.54, 1.807) is 0 Å². The van der Waals surface area contributed by atoms with Gasteiger partial charge in [0.25, 0.3) is 0 Å². The molecule has 1 aliphatic rings. The Kier molecular flexibility index (Phi) is 6.21. The highest BCUT2D eigenvalue weighted by molar-refractivity contribution is 5.92. The van der Waals surface area contributed by atoms with Crippen molar-refractivity contribution >= 4 is 11.6 Å². The second-order valence-corrected chi connectivity index (χ2v) is 5.87. The number of rotatable bonds is 7. The molecule has 0 radical (unpaired) electrons. The van der Waals surface area contributed by atoms with Gasteiger partial charge >= 0.3 is 0 Å². The van der Waals surface area contributed by atoms with Gasteiger partial charge in [-0.25, -0.2) is 0 Å². The quantitative estimate of drug-likeness (QED) is 0.721. The number of ether oxygens (including phenoxy) is 1. The number of carbonyl (C=O) groups is 1. The van der Waals surface area contributed by atoms with Crippen LogP contribution in [-0.2, 0) is 11.2 Å². The van der Waals surface area contributed by atoms with Crippen LogP contribution >= 0.6 is 0 Å². The normalized spacial score (nSPS) is 17.1. The molecule has 122 valence electrons. The molecule has 1 aliphatic heterocycles. The Bertz CT molecular complexity index is 505. The van der Waals surface area contributed by atoms with E-state index in [9.17, 15) is 9.90 Å². The van der Waals surface area contributed by atoms with Gasteiger partial charge in [0.2, 0.25) is 5.91 Å². The summed E-state index contributed by atoms with van der Waals surface area (Å²) in [7, 11) is 0. The molecule has 1 amide bonds. The van der Waals surface area contributed by atoms with Gasteiger partial charge in [-0.15, -0.1) is 0 Å². The summed E-state index contributed by atoms with van der Waals surface area (Å²) in [4.78, 5) is 11.6. The summed E-state index contributed by atoms with van der Waals surface area (Å²) in [5, 5.41) is 16.2. The summed E-state index contributed by atoms with van der Waals surface area (Å²) < 4.78 is 5.78. The molecule has 0 aromatic heterocycles. The summed E-state index contributed by atoms with van der Waals surface area (Å²) in [5.41, 5.74) is 1.85. The predicted molar refractivity (Wildman–Crippen MR) is 87.3 cm³/mol. The molecule has 0 fully saturated rings. The molecule has 0 saturated carbocycles. The number of carbonyl (C=O) groups excluding carboxylic acids is 1. The maximum absolute atomic E-state index is 11.6. The molecule has 0 spiro atoms. The standard InChI is InChI=1S/C17H26N2O3/c1-3-12(2)18-10-13(20)11-22-16-8-5-7-15-14(16)6-4-9-17(21)19-15/h5,7-8,12-13,18,20H,3-4,6,9-11H2,1-2H3,(H,19,21). The van der Waals surface area contributed by atoms with Crippen LogP contribution in [0, 0.1) is 0 Å². The van der Waals surface area contributed by atoms with Gasteiger partial charge in [0.05, 0.1) is 0 Å². The molecule has 0 bridgehead atoms. The zero-order valence-corrected chi connectivity index (χ0v) is 13.4. The largest absolute Gasteiger partial charge is 0.490 e. The van der Waals surface area contributed by atoms with Crippen LogP contribution in [0.1, 0.15) is 38.7 Å². The first kappa shape index (κ1) is 16.8. The zero-order chi connectivity index (χ0) is 15.9. The van der Waals surface area contributed by atoms with Gasteiger partial charge < -0.3 is 20.5 Å². The summed E-state index contributed by atoms with van der Waals surface area (Å²) in [6.45, 7) is 4.95. The van der Waals surface area contributed by atoms with Crippen molar-refractivity contribution < 1.29 is 14.6 Å². The number of amides is 1. The fourth-order valence-corrected chi connectivity index (χ4v) is 2.44. The number of benzene rings is 1. The van der Waals surface area contributed by atoms with Gasteiger partial charge in [-0.3, -0.25) is 4.79 Å². The van der Waals surface area contributed by atoms with Gasteiger partial charge in [-0.2, -0.15) is 0 Å². The summed E-state index contributed by atoms with van der Waals surface area (Å²) in [6, 6.07) is 6.04. The highest BCUT2D eigenvalue weighted by Gasteiger charge is 2.17. The number of fused-ring (bicyclic) bond motifs is 1. The number of anilines is 1. The molecule has 2 atom stereocenters. The Hall–Kier alpha value is -1.59. The van der Waals surface area contributed by atoms with Crippen LogP contribution in [-0.4, -0.2) is 36.3 Å². The highest BCUT2D eigenvalue weighted by atomic mass is 16.5. The van der Waals surface area contributed by atoms with E-state index >= 15 is 0 Å². The molecule has 1 aromatic rings. The van der Waals surface area contributed by atoms with Gasteiger partial charge in [-0.05, 0) is 38.3 Å². The van der Waals surface area contributed by atoms with Crippen molar-refractivity contribution in [3.8, 4) is 5.75 Å². The number of aliphatic hydroxyl groups is 1. The topological polar surface area (TPSA) is 70.6 Å². The maximum Gasteiger partial charge on any atom is 0.224 e. The number of hydrogen-bond acceptors (Lipinski definition) is 4. The predicted octanol–water partition coefficient (Wildman–Crippen LogP) is 2.09. The number of nitrogens with one attached hydrogen (secondary N) is 2. The monoisotopic (exact) mass is 306 g/mol. The smallest absolute Gasteiger partial charge is 0.224 e. The molecule has 0 aliphatic carbocycles. The average molecular weight is 306 g/mol. The molecule has 2 unspecified atom stereocenters. The first-order valence-corrected chi connectivity index (χ1v) is 8.06. The lowest BCUT2D eigenvalue weighted by Gasteiger charge is -2.18. The van der Waals surface area contributed by atoms with Crippen LogP contribution in [0.3, 0.4) is 0 Å². The Morgan fingerprint density at radius 1 is 1.41 bits per heavy atom. The molecule has 1 aromatic carbocycles. The minimum Gasteiger partial charge on any atom is -0.490 e. The molecular weight excluding hydrogens is 280 g/mol. The average Bonchev–Trinajstić information content (AvgIpc) is 2.71. The molecule has 5 heteroatoms. The van der Waals surface area contributed by atoms with Crippen LogP contribution in [0.4, 0.5) is 5.69 Å². The van der Waals surface area contributed by atoms with Gasteiger partial charge in [-0.1, -0.05) is 13.0 Å². The minimum absolute atomic E-state index is 0.0497. The van der Waals surface area contributed by atoms with Gasteiger partial charge in [0.15, 0.2) is 0 Å². The van der Waals surface area contributed by atoms with E-state index < -0.39 is 6.10 Å². The second-order valence-electron chi connectivity index (χ2n) is 5.87. The fraction of sp³-hybridized carbons (Fsp3) is 0.588. The van der Waals surface area contributed by atoms with Crippen molar-refractivity contribution in [3.63, 3.8) is 0 Å². The first-order chi connectivity index (χ1) is 10.6. The van der Waals surface area contributed by atoms with Crippen molar-refractivity contribution in [2.24, 2.45) is 0 Å². The molecule has 3 N–H and O–H groups in total. The van der Waals surface area contributed by atoms with E-state index in [1.807, 2.05) is 18.2 Å². The maximum atomic E-state index is 11.6. The van der Waals surface area contributed by atoms with Crippen LogP contribution in [0.2, 0.25) is 0 Å². The van der Waals surface area contributed by atoms with Crippen molar-refractivity contribution in [1.29, 1.82) is 0 Å². The summed E-state index contributed by atoms with van der Waals surface area (Å²) >= 11 is 0. The lowest BCUT2D eigenvalue weighted by molar-refractivity contribution is -0.116. The first-order valence-electron chi connectivity index (χ1n) is 8.06. The number of hydrogen-bond donors (Lipinski definition) is 3. The Morgan fingerprint density at radius 2 is 2.23 bits per heavy atom. The van der Waals surface area contributed by atoms with Crippen LogP contribution < -0.4 is 15.4 Å². The van der Waals surface area contributed by atoms with Crippen LogP contribution in [0.15, 0.2) is 18.2 Å². The van der Waals surface area contributed by atoms with Crippen molar-refractivity contribution in [3.05, 3.63) is 23.8 Å². The highest BCUT2D eigenvalue weighted by Crippen LogP contribution is 2.30. The van der Waals surface area contributed by atoms with Crippen molar-refractivity contribution in [2.45, 2.75) is 51.7 Å². The SMILES string of the molecule is CCC(C)NCC(O)COc1cccc2c1CCCC(=O)N2. The molecule has 5 nitrogen and oxygen atoms in total. The Balaban J connectivity index is 1.93. The second kappa shape index (κ2) is 8.15. The van der Waals surface area contributed by atoms with E-state index in [0.717, 1.165) is 36.3 Å². The minimum atomic E-state index is -0.551. The van der Waals surface area contributed by atoms with Crippen molar-refractivity contribution in [1.82, 2.24) is 5.32 Å². The molecule has 0 saturated heterocycles. The van der Waals surface area contributed by atoms with E-state index in [0.29, 0.717) is 19.0 Å². The molecule has 22 heavy (non-hydrogen) atoms. The molecular formula is C17H26N2O3. The number of aliphatic hydroxyl groups excluding tert-OH is 1. The van der Waals surface area contributed by atoms with Gasteiger partial charge in [0, 0.05) is 30.3 Å². The van der Waals surface area contributed by atoms with Crippen LogP contribution in [0.25, 0.3) is 0 Å². The van der Waals surface area contributed by atoms with E-state index in [2.05, 4.69) is 24.5 Å². The van der Waals surface area contributed by atoms with E-state index in [4.69, 9.17) is 4.74 Å². The zero-order valence-electron chi connectivity index (χ0n) is 13.4. The lowest BCUT2D eigenvalue weighted by atomic mass is 10.1. The Morgan fingerprint density at radius 3 is 3.00 bits per heavy atom. The molecule has 2 rings (SSSR count). The third-order valence-corrected chi connectivity index (χ3v) is 3.98. The summed E-state index contributed by atoms with van der Waals surface area (Å²) in [5.74, 6) is 0.802. The van der Waals surface area contributed by atoms with Gasteiger partial charge in [0.1, 0.15) is 18.5 Å². The third kappa shape index (κ3) is 4.71. The Labute approximate surface area is 132 Å². The lowest BCUT2D eigenvalue weighted by Crippen LogP contribution is -2.36. The van der Waals surface area contributed by atoms with E-state index in [-0.39, 0.29) is 12.5 Å². The fourth-order valence-electron chi connectivity index (χ4n) is 2.44. The van der Waals surface area contributed by atoms with E-state index in [1.165, 1.54) is 0 Å². The summed E-state index contributed by atoms with van der Waals surface area (Å²) in [6.07, 6.45) is 2.64. The molecule has 1 heterocycles. The van der Waals surface area contributed by atoms with Crippen molar-refractivity contribution in [2.75, 3.05) is 18.5 Å². The van der Waals surface area contributed by atoms with Crippen LogP contribution in [0.5, 0.6) is 5.75 Å².